The van der Waals surface area contributed by atoms with Crippen LogP contribution >= 0.6 is 12.4 Å². The fraction of sp³-hybridized carbons (Fsp3) is 1.00. The number of ether oxygens (including phenoxy) is 1. The van der Waals surface area contributed by atoms with E-state index in [1.807, 2.05) is 0 Å². The number of piperazine rings is 1. The summed E-state index contributed by atoms with van der Waals surface area (Å²) in [6.07, 6.45) is 1.69. The Morgan fingerprint density at radius 3 is 2.50 bits per heavy atom. The maximum atomic E-state index is 5.61. The van der Waals surface area contributed by atoms with Crippen LogP contribution in [-0.4, -0.2) is 74.4 Å². The van der Waals surface area contributed by atoms with Gasteiger partial charge in [-0.3, -0.25) is 9.80 Å². The Bertz CT molecular complexity index is 214. The average molecular weight is 278 g/mol. The molecule has 1 atom stereocenters. The second-order valence-corrected chi connectivity index (χ2v) is 5.44. The van der Waals surface area contributed by atoms with Crippen LogP contribution in [0.25, 0.3) is 0 Å². The van der Waals surface area contributed by atoms with Crippen molar-refractivity contribution in [1.29, 1.82) is 0 Å². The monoisotopic (exact) mass is 277 g/mol. The van der Waals surface area contributed by atoms with Crippen LogP contribution in [0.1, 0.15) is 20.3 Å². The van der Waals surface area contributed by atoms with Gasteiger partial charge in [0.1, 0.15) is 0 Å². The van der Waals surface area contributed by atoms with E-state index in [1.54, 1.807) is 0 Å². The molecule has 5 heteroatoms. The zero-order valence-corrected chi connectivity index (χ0v) is 12.5. The van der Waals surface area contributed by atoms with Crippen molar-refractivity contribution >= 4 is 12.4 Å². The van der Waals surface area contributed by atoms with E-state index in [9.17, 15) is 0 Å². The van der Waals surface area contributed by atoms with Gasteiger partial charge in [0, 0.05) is 45.3 Å². The van der Waals surface area contributed by atoms with Gasteiger partial charge in [0.05, 0.1) is 12.7 Å². The van der Waals surface area contributed by atoms with Crippen LogP contribution in [0.2, 0.25) is 0 Å². The molecule has 1 unspecified atom stereocenters. The number of nitrogens with zero attached hydrogens (tertiary/aromatic N) is 2. The van der Waals surface area contributed by atoms with E-state index in [-0.39, 0.29) is 12.4 Å². The molecule has 0 aromatic rings. The highest BCUT2D eigenvalue weighted by Crippen LogP contribution is 2.11. The molecule has 2 saturated heterocycles. The average Bonchev–Trinajstić information content (AvgIpc) is 2.83. The van der Waals surface area contributed by atoms with Crippen molar-refractivity contribution in [3.63, 3.8) is 0 Å². The molecule has 2 aliphatic rings. The zero-order chi connectivity index (χ0) is 12.1. The summed E-state index contributed by atoms with van der Waals surface area (Å²) in [5.74, 6) is 0. The van der Waals surface area contributed by atoms with E-state index in [2.05, 4.69) is 29.0 Å². The number of halogens is 1. The molecular formula is C13H28ClN3O. The van der Waals surface area contributed by atoms with Gasteiger partial charge in [-0.25, -0.2) is 0 Å². The molecule has 18 heavy (non-hydrogen) atoms. The van der Waals surface area contributed by atoms with Crippen molar-refractivity contribution in [2.24, 2.45) is 0 Å². The van der Waals surface area contributed by atoms with E-state index in [0.29, 0.717) is 6.10 Å². The molecule has 0 radical (unpaired) electrons. The molecule has 108 valence electrons. The molecule has 2 aliphatic heterocycles. The fourth-order valence-electron chi connectivity index (χ4n) is 2.72. The number of hydrogen-bond acceptors (Lipinski definition) is 4. The molecule has 0 saturated carbocycles. The van der Waals surface area contributed by atoms with Crippen LogP contribution in [0.15, 0.2) is 0 Å². The van der Waals surface area contributed by atoms with Gasteiger partial charge in [0.15, 0.2) is 0 Å². The largest absolute Gasteiger partial charge is 0.377 e. The molecule has 0 aromatic carbocycles. The van der Waals surface area contributed by atoms with Gasteiger partial charge in [0.2, 0.25) is 0 Å². The summed E-state index contributed by atoms with van der Waals surface area (Å²) in [4.78, 5) is 5.18. The molecule has 2 fully saturated rings. The van der Waals surface area contributed by atoms with Crippen LogP contribution < -0.4 is 5.32 Å². The Kier molecular flexibility index (Phi) is 7.49. The van der Waals surface area contributed by atoms with Crippen LogP contribution in [0.3, 0.4) is 0 Å². The number of hydrogen-bond donors (Lipinski definition) is 1. The summed E-state index contributed by atoms with van der Waals surface area (Å²) in [6, 6.07) is 0.795. The van der Waals surface area contributed by atoms with E-state index < -0.39 is 0 Å². The lowest BCUT2D eigenvalue weighted by atomic mass is 10.2. The third kappa shape index (κ3) is 5.02. The predicted octanol–water partition coefficient (Wildman–Crippen LogP) is 0.813. The van der Waals surface area contributed by atoms with Gasteiger partial charge < -0.3 is 10.1 Å². The molecule has 4 nitrogen and oxygen atoms in total. The molecule has 0 amide bonds. The van der Waals surface area contributed by atoms with E-state index in [1.165, 1.54) is 45.7 Å². The lowest BCUT2D eigenvalue weighted by Gasteiger charge is -2.37. The highest BCUT2D eigenvalue weighted by Gasteiger charge is 2.25. The van der Waals surface area contributed by atoms with Crippen molar-refractivity contribution < 1.29 is 4.74 Å². The predicted molar refractivity (Wildman–Crippen MR) is 77.6 cm³/mol. The van der Waals surface area contributed by atoms with Gasteiger partial charge in [-0.15, -0.1) is 12.4 Å². The van der Waals surface area contributed by atoms with Crippen molar-refractivity contribution in [2.75, 3.05) is 52.4 Å². The Hall–Kier alpha value is 0.130. The minimum atomic E-state index is 0. The number of rotatable bonds is 5. The first-order chi connectivity index (χ1) is 8.25. The van der Waals surface area contributed by atoms with E-state index in [4.69, 9.17) is 4.74 Å². The maximum absolute atomic E-state index is 5.61. The van der Waals surface area contributed by atoms with Gasteiger partial charge in [0.25, 0.3) is 0 Å². The fourth-order valence-corrected chi connectivity index (χ4v) is 2.72. The van der Waals surface area contributed by atoms with Crippen molar-refractivity contribution in [1.82, 2.24) is 15.1 Å². The molecule has 2 heterocycles. The lowest BCUT2D eigenvalue weighted by molar-refractivity contribution is 0.0391. The molecule has 0 aliphatic carbocycles. The van der Waals surface area contributed by atoms with Crippen LogP contribution in [0.5, 0.6) is 0 Å². The first-order valence-electron chi connectivity index (χ1n) is 7.04. The zero-order valence-electron chi connectivity index (χ0n) is 11.7. The summed E-state index contributed by atoms with van der Waals surface area (Å²) in [6.45, 7) is 13.4. The second kappa shape index (κ2) is 8.33. The lowest BCUT2D eigenvalue weighted by Crippen LogP contribution is -2.51. The second-order valence-electron chi connectivity index (χ2n) is 5.44. The molecule has 2 rings (SSSR count). The third-order valence-corrected chi connectivity index (χ3v) is 3.82. The van der Waals surface area contributed by atoms with Crippen LogP contribution in [-0.2, 0) is 4.74 Å². The Balaban J connectivity index is 0.00000162. The quantitative estimate of drug-likeness (QED) is 0.805. The summed E-state index contributed by atoms with van der Waals surface area (Å²) in [5.41, 5.74) is 0. The topological polar surface area (TPSA) is 27.7 Å². The van der Waals surface area contributed by atoms with Crippen molar-refractivity contribution in [3.8, 4) is 0 Å². The SMILES string of the molecule is CC(C)OCCN1CCN(C2CCNC2)CC1.Cl. The first-order valence-corrected chi connectivity index (χ1v) is 7.04. The Labute approximate surface area is 117 Å². The van der Waals surface area contributed by atoms with Crippen molar-refractivity contribution in [2.45, 2.75) is 32.4 Å². The first kappa shape index (κ1) is 16.2. The highest BCUT2D eigenvalue weighted by atomic mass is 35.5. The Morgan fingerprint density at radius 2 is 1.94 bits per heavy atom. The molecule has 0 spiro atoms. The van der Waals surface area contributed by atoms with E-state index in [0.717, 1.165) is 19.2 Å². The smallest absolute Gasteiger partial charge is 0.0596 e. The molecule has 0 aromatic heterocycles. The standard InChI is InChI=1S/C13H27N3O.ClH/c1-12(2)17-10-9-15-5-7-16(8-6-15)13-3-4-14-11-13;/h12-14H,3-11H2,1-2H3;1H. The normalized spacial score (nSPS) is 26.5. The highest BCUT2D eigenvalue weighted by molar-refractivity contribution is 5.85. The maximum Gasteiger partial charge on any atom is 0.0596 e. The Morgan fingerprint density at radius 1 is 1.22 bits per heavy atom. The molecule has 1 N–H and O–H groups in total. The summed E-state index contributed by atoms with van der Waals surface area (Å²) in [5, 5.41) is 3.45. The summed E-state index contributed by atoms with van der Waals surface area (Å²) in [7, 11) is 0. The minimum absolute atomic E-state index is 0. The van der Waals surface area contributed by atoms with Crippen molar-refractivity contribution in [3.05, 3.63) is 0 Å². The van der Waals surface area contributed by atoms with Crippen LogP contribution in [0, 0.1) is 0 Å². The molecular weight excluding hydrogens is 250 g/mol. The minimum Gasteiger partial charge on any atom is -0.377 e. The van der Waals surface area contributed by atoms with Gasteiger partial charge in [-0.1, -0.05) is 0 Å². The van der Waals surface area contributed by atoms with Gasteiger partial charge >= 0.3 is 0 Å². The van der Waals surface area contributed by atoms with Gasteiger partial charge in [-0.2, -0.15) is 0 Å². The number of nitrogens with one attached hydrogen (secondary N) is 1. The van der Waals surface area contributed by atoms with Gasteiger partial charge in [-0.05, 0) is 26.8 Å². The summed E-state index contributed by atoms with van der Waals surface area (Å²) < 4.78 is 5.61. The summed E-state index contributed by atoms with van der Waals surface area (Å²) >= 11 is 0. The molecule has 0 bridgehead atoms. The van der Waals surface area contributed by atoms with E-state index >= 15 is 0 Å². The van der Waals surface area contributed by atoms with Crippen LogP contribution in [0.4, 0.5) is 0 Å². The third-order valence-electron chi connectivity index (χ3n) is 3.82.